The molecule has 1 fully saturated rings. The summed E-state index contributed by atoms with van der Waals surface area (Å²) < 4.78 is 2.04. The van der Waals surface area contributed by atoms with Gasteiger partial charge < -0.3 is 14.8 Å². The molecule has 1 N–H and O–H groups in total. The molecule has 2 aliphatic heterocycles. The standard InChI is InChI=1S/C18H26N6OS/c1-22(2)6-5-19-18(25)17-21-20-16-8-13-9-23(10-14(13)11-24(16)17)12-15-4-3-7-26-15/h3-4,7,13-14H,5-6,8-12H2,1-2H3,(H,19,25)/t13-,14-/m0/s1. The van der Waals surface area contributed by atoms with Gasteiger partial charge in [-0.25, -0.2) is 0 Å². The summed E-state index contributed by atoms with van der Waals surface area (Å²) in [6, 6.07) is 4.32. The number of nitrogens with one attached hydrogen (secondary N) is 1. The Morgan fingerprint density at radius 2 is 2.15 bits per heavy atom. The Bertz CT molecular complexity index is 756. The Kier molecular flexibility index (Phi) is 5.06. The predicted octanol–water partition coefficient (Wildman–Crippen LogP) is 0.935. The number of rotatable bonds is 6. The van der Waals surface area contributed by atoms with Gasteiger partial charge in [0.1, 0.15) is 5.82 Å². The van der Waals surface area contributed by atoms with E-state index in [1.807, 2.05) is 34.9 Å². The van der Waals surface area contributed by atoms with Crippen molar-refractivity contribution < 1.29 is 4.79 Å². The maximum atomic E-state index is 12.5. The van der Waals surface area contributed by atoms with Crippen molar-refractivity contribution in [3.05, 3.63) is 34.0 Å². The van der Waals surface area contributed by atoms with E-state index in [0.29, 0.717) is 24.2 Å². The molecule has 140 valence electrons. The normalized spacial score (nSPS) is 22.4. The molecule has 4 heterocycles. The lowest BCUT2D eigenvalue weighted by molar-refractivity contribution is 0.0932. The molecular formula is C18H26N6OS. The van der Waals surface area contributed by atoms with Crippen LogP contribution >= 0.6 is 11.3 Å². The van der Waals surface area contributed by atoms with Crippen LogP contribution in [0.2, 0.25) is 0 Å². The van der Waals surface area contributed by atoms with Crippen LogP contribution in [0.25, 0.3) is 0 Å². The Morgan fingerprint density at radius 1 is 1.31 bits per heavy atom. The number of fused-ring (bicyclic) bond motifs is 2. The summed E-state index contributed by atoms with van der Waals surface area (Å²) >= 11 is 1.82. The van der Waals surface area contributed by atoms with Crippen LogP contribution in [0.1, 0.15) is 21.3 Å². The molecule has 7 nitrogen and oxygen atoms in total. The van der Waals surface area contributed by atoms with Crippen LogP contribution in [0.4, 0.5) is 0 Å². The fraction of sp³-hybridized carbons (Fsp3) is 0.611. The SMILES string of the molecule is CN(C)CCNC(=O)c1nnc2n1C[C@@H]1CN(Cc3cccs3)C[C@@H]1C2. The molecule has 0 spiro atoms. The highest BCUT2D eigenvalue weighted by Gasteiger charge is 2.39. The van der Waals surface area contributed by atoms with Gasteiger partial charge in [0.15, 0.2) is 0 Å². The number of thiophene rings is 1. The minimum absolute atomic E-state index is 0.113. The second-order valence-electron chi connectivity index (χ2n) is 7.61. The summed E-state index contributed by atoms with van der Waals surface area (Å²) in [7, 11) is 3.99. The third kappa shape index (κ3) is 3.67. The third-order valence-electron chi connectivity index (χ3n) is 5.35. The van der Waals surface area contributed by atoms with E-state index in [4.69, 9.17) is 0 Å². The maximum absolute atomic E-state index is 12.5. The Morgan fingerprint density at radius 3 is 2.92 bits per heavy atom. The summed E-state index contributed by atoms with van der Waals surface area (Å²) in [6.07, 6.45) is 0.920. The first-order chi connectivity index (χ1) is 12.6. The van der Waals surface area contributed by atoms with Crippen LogP contribution in [0, 0.1) is 11.8 Å². The van der Waals surface area contributed by atoms with Crippen LogP contribution in [0.15, 0.2) is 17.5 Å². The number of carbonyl (C=O) groups is 1. The molecule has 0 saturated carbocycles. The van der Waals surface area contributed by atoms with Gasteiger partial charge >= 0.3 is 0 Å². The first-order valence-electron chi connectivity index (χ1n) is 9.20. The highest BCUT2D eigenvalue weighted by Crippen LogP contribution is 2.33. The van der Waals surface area contributed by atoms with Crippen molar-refractivity contribution in [1.82, 2.24) is 29.9 Å². The number of carbonyl (C=O) groups excluding carboxylic acids is 1. The number of hydrogen-bond donors (Lipinski definition) is 1. The number of aromatic nitrogens is 3. The first-order valence-corrected chi connectivity index (χ1v) is 10.1. The zero-order valence-electron chi connectivity index (χ0n) is 15.4. The molecular weight excluding hydrogens is 348 g/mol. The van der Waals surface area contributed by atoms with Crippen molar-refractivity contribution in [3.63, 3.8) is 0 Å². The topological polar surface area (TPSA) is 66.3 Å². The third-order valence-corrected chi connectivity index (χ3v) is 6.21. The Balaban J connectivity index is 1.39. The van der Waals surface area contributed by atoms with Gasteiger partial charge in [-0.1, -0.05) is 6.07 Å². The van der Waals surface area contributed by atoms with E-state index in [2.05, 4.69) is 37.9 Å². The molecule has 0 aromatic carbocycles. The van der Waals surface area contributed by atoms with Gasteiger partial charge in [-0.05, 0) is 37.4 Å². The molecule has 2 aliphatic rings. The van der Waals surface area contributed by atoms with Crippen LogP contribution in [-0.2, 0) is 19.5 Å². The first kappa shape index (κ1) is 17.6. The summed E-state index contributed by atoms with van der Waals surface area (Å²) in [5, 5.41) is 13.6. The lowest BCUT2D eigenvalue weighted by Crippen LogP contribution is -2.35. The van der Waals surface area contributed by atoms with Crippen LogP contribution < -0.4 is 5.32 Å². The van der Waals surface area contributed by atoms with E-state index in [0.717, 1.165) is 45.0 Å². The van der Waals surface area contributed by atoms with E-state index in [-0.39, 0.29) is 5.91 Å². The average molecular weight is 375 g/mol. The van der Waals surface area contributed by atoms with E-state index in [1.54, 1.807) is 0 Å². The maximum Gasteiger partial charge on any atom is 0.289 e. The second-order valence-corrected chi connectivity index (χ2v) is 8.64. The monoisotopic (exact) mass is 374 g/mol. The zero-order chi connectivity index (χ0) is 18.1. The van der Waals surface area contributed by atoms with Crippen LogP contribution in [-0.4, -0.2) is 70.7 Å². The highest BCUT2D eigenvalue weighted by molar-refractivity contribution is 7.09. The largest absolute Gasteiger partial charge is 0.348 e. The van der Waals surface area contributed by atoms with Crippen molar-refractivity contribution >= 4 is 17.2 Å². The average Bonchev–Trinajstić information content (AvgIpc) is 3.31. The molecule has 0 aliphatic carbocycles. The fourth-order valence-electron chi connectivity index (χ4n) is 4.01. The van der Waals surface area contributed by atoms with Gasteiger partial charge in [-0.15, -0.1) is 21.5 Å². The number of likely N-dealkylation sites (N-methyl/N-ethyl adjacent to an activating group) is 1. The zero-order valence-corrected chi connectivity index (χ0v) is 16.2. The molecule has 4 rings (SSSR count). The van der Waals surface area contributed by atoms with Gasteiger partial charge in [0.25, 0.3) is 5.91 Å². The van der Waals surface area contributed by atoms with E-state index in [9.17, 15) is 4.79 Å². The lowest BCUT2D eigenvalue weighted by atomic mass is 9.89. The molecule has 2 aromatic heterocycles. The van der Waals surface area contributed by atoms with E-state index < -0.39 is 0 Å². The lowest BCUT2D eigenvalue weighted by Gasteiger charge is -2.25. The number of nitrogens with zero attached hydrogens (tertiary/aromatic N) is 5. The summed E-state index contributed by atoms with van der Waals surface area (Å²) in [5.41, 5.74) is 0. The summed E-state index contributed by atoms with van der Waals surface area (Å²) in [5.74, 6) is 2.51. The molecule has 0 bridgehead atoms. The number of hydrogen-bond acceptors (Lipinski definition) is 6. The highest BCUT2D eigenvalue weighted by atomic mass is 32.1. The second kappa shape index (κ2) is 7.46. The molecule has 1 amide bonds. The molecule has 26 heavy (non-hydrogen) atoms. The van der Waals surface area contributed by atoms with E-state index in [1.165, 1.54) is 4.88 Å². The van der Waals surface area contributed by atoms with Crippen LogP contribution in [0.3, 0.4) is 0 Å². The van der Waals surface area contributed by atoms with Crippen molar-refractivity contribution in [1.29, 1.82) is 0 Å². The molecule has 2 atom stereocenters. The van der Waals surface area contributed by atoms with Crippen molar-refractivity contribution in [2.45, 2.75) is 19.5 Å². The summed E-state index contributed by atoms with van der Waals surface area (Å²) in [6.45, 7) is 5.51. The van der Waals surface area contributed by atoms with Crippen LogP contribution in [0.5, 0.6) is 0 Å². The van der Waals surface area contributed by atoms with Crippen molar-refractivity contribution in [3.8, 4) is 0 Å². The fourth-order valence-corrected chi connectivity index (χ4v) is 4.76. The van der Waals surface area contributed by atoms with E-state index >= 15 is 0 Å². The number of amides is 1. The molecule has 0 radical (unpaired) electrons. The predicted molar refractivity (Wildman–Crippen MR) is 101 cm³/mol. The number of likely N-dealkylation sites (tertiary alicyclic amines) is 1. The minimum atomic E-state index is -0.113. The molecule has 1 saturated heterocycles. The van der Waals surface area contributed by atoms with Gasteiger partial charge in [0.05, 0.1) is 0 Å². The molecule has 2 aromatic rings. The quantitative estimate of drug-likeness (QED) is 0.815. The van der Waals surface area contributed by atoms with Gasteiger partial charge in [-0.2, -0.15) is 0 Å². The smallest absolute Gasteiger partial charge is 0.289 e. The van der Waals surface area contributed by atoms with Gasteiger partial charge in [0.2, 0.25) is 5.82 Å². The van der Waals surface area contributed by atoms with Crippen molar-refractivity contribution in [2.75, 3.05) is 40.3 Å². The summed E-state index contributed by atoms with van der Waals surface area (Å²) in [4.78, 5) is 18.5. The molecule has 8 heteroatoms. The van der Waals surface area contributed by atoms with Crippen molar-refractivity contribution in [2.24, 2.45) is 11.8 Å². The Labute approximate surface area is 158 Å². The Hall–Kier alpha value is -1.77. The van der Waals surface area contributed by atoms with Gasteiger partial charge in [-0.3, -0.25) is 9.69 Å². The molecule has 0 unspecified atom stereocenters. The van der Waals surface area contributed by atoms with Gasteiger partial charge in [0, 0.05) is 50.6 Å². The minimum Gasteiger partial charge on any atom is -0.348 e.